The van der Waals surface area contributed by atoms with E-state index >= 15 is 0 Å². The summed E-state index contributed by atoms with van der Waals surface area (Å²) >= 11 is 3.38. The zero-order chi connectivity index (χ0) is 13.1. The lowest BCUT2D eigenvalue weighted by Gasteiger charge is -2.25. The lowest BCUT2D eigenvalue weighted by Crippen LogP contribution is -2.41. The highest BCUT2D eigenvalue weighted by atomic mass is 32.2. The molecule has 1 aromatic heterocycles. The molecule has 5 heteroatoms. The van der Waals surface area contributed by atoms with Gasteiger partial charge in [-0.25, -0.2) is 4.98 Å². The van der Waals surface area contributed by atoms with E-state index in [1.165, 1.54) is 4.88 Å². The van der Waals surface area contributed by atoms with Crippen LogP contribution in [0.5, 0.6) is 0 Å². The molecule has 2 unspecified atom stereocenters. The van der Waals surface area contributed by atoms with Gasteiger partial charge >= 0.3 is 0 Å². The van der Waals surface area contributed by atoms with Gasteiger partial charge in [-0.2, -0.15) is 11.8 Å². The monoisotopic (exact) mass is 274 g/mol. The first-order valence-corrected chi connectivity index (χ1v) is 7.95. The summed E-state index contributed by atoms with van der Waals surface area (Å²) in [6.07, 6.45) is 2.01. The number of hydrogen-bond acceptors (Lipinski definition) is 5. The fourth-order valence-corrected chi connectivity index (χ4v) is 3.42. The van der Waals surface area contributed by atoms with Gasteiger partial charge in [0.2, 0.25) is 0 Å². The maximum Gasteiger partial charge on any atom is 0.0900 e. The SMILES string of the molecule is CSCC(C)(O)CNC(C)c1nc(C)sc1C. The number of aromatic nitrogens is 1. The molecule has 0 aliphatic heterocycles. The van der Waals surface area contributed by atoms with Crippen LogP contribution in [0.25, 0.3) is 0 Å². The molecule has 3 nitrogen and oxygen atoms in total. The largest absolute Gasteiger partial charge is 0.388 e. The number of aryl methyl sites for hydroxylation is 2. The number of rotatable bonds is 6. The van der Waals surface area contributed by atoms with Gasteiger partial charge in [-0.15, -0.1) is 11.3 Å². The molecule has 0 fully saturated rings. The second kappa shape index (κ2) is 6.18. The molecular weight excluding hydrogens is 252 g/mol. The summed E-state index contributed by atoms with van der Waals surface area (Å²) in [4.78, 5) is 5.78. The molecule has 0 aliphatic carbocycles. The Balaban J connectivity index is 2.55. The first-order valence-electron chi connectivity index (χ1n) is 5.74. The first-order chi connectivity index (χ1) is 7.85. The Labute approximate surface area is 112 Å². The Morgan fingerprint density at radius 1 is 1.53 bits per heavy atom. The van der Waals surface area contributed by atoms with Crippen molar-refractivity contribution in [1.82, 2.24) is 10.3 Å². The normalized spacial score (nSPS) is 16.8. The highest BCUT2D eigenvalue weighted by molar-refractivity contribution is 7.98. The molecule has 98 valence electrons. The van der Waals surface area contributed by atoms with Gasteiger partial charge in [0.25, 0.3) is 0 Å². The van der Waals surface area contributed by atoms with Gasteiger partial charge in [0.1, 0.15) is 0 Å². The van der Waals surface area contributed by atoms with Crippen LogP contribution in [0.15, 0.2) is 0 Å². The van der Waals surface area contributed by atoms with Crippen LogP contribution < -0.4 is 5.32 Å². The minimum atomic E-state index is -0.660. The summed E-state index contributed by atoms with van der Waals surface area (Å²) in [7, 11) is 0. The molecule has 17 heavy (non-hydrogen) atoms. The van der Waals surface area contributed by atoms with E-state index in [-0.39, 0.29) is 6.04 Å². The van der Waals surface area contributed by atoms with Gasteiger partial charge in [-0.05, 0) is 34.0 Å². The predicted octanol–water partition coefficient (Wildman–Crippen LogP) is 2.52. The highest BCUT2D eigenvalue weighted by Gasteiger charge is 2.21. The third-order valence-corrected chi connectivity index (χ3v) is 4.41. The molecule has 0 spiro atoms. The molecule has 2 N–H and O–H groups in total. The van der Waals surface area contributed by atoms with Crippen LogP contribution in [-0.2, 0) is 0 Å². The summed E-state index contributed by atoms with van der Waals surface area (Å²) in [6, 6.07) is 0.188. The second-order valence-electron chi connectivity index (χ2n) is 4.71. The van der Waals surface area contributed by atoms with E-state index in [0.717, 1.165) is 16.5 Å². The fourth-order valence-electron chi connectivity index (χ4n) is 1.78. The van der Waals surface area contributed by atoms with Crippen molar-refractivity contribution in [2.45, 2.75) is 39.3 Å². The van der Waals surface area contributed by atoms with E-state index in [9.17, 15) is 5.11 Å². The number of hydrogen-bond donors (Lipinski definition) is 2. The number of thiazole rings is 1. The quantitative estimate of drug-likeness (QED) is 0.837. The molecular formula is C12H22N2OS2. The Morgan fingerprint density at radius 2 is 2.18 bits per heavy atom. The van der Waals surface area contributed by atoms with E-state index in [4.69, 9.17) is 0 Å². The molecule has 2 atom stereocenters. The van der Waals surface area contributed by atoms with Crippen molar-refractivity contribution in [2.24, 2.45) is 0 Å². The maximum absolute atomic E-state index is 10.1. The standard InChI is InChI=1S/C12H22N2OS2/c1-8(11-9(2)17-10(3)14-11)13-6-12(4,15)7-16-5/h8,13,15H,6-7H2,1-5H3. The third kappa shape index (κ3) is 4.58. The molecule has 0 saturated carbocycles. The van der Waals surface area contributed by atoms with E-state index in [1.807, 2.05) is 20.1 Å². The van der Waals surface area contributed by atoms with E-state index < -0.39 is 5.60 Å². The van der Waals surface area contributed by atoms with Crippen LogP contribution in [0.4, 0.5) is 0 Å². The van der Waals surface area contributed by atoms with Crippen molar-refractivity contribution in [3.8, 4) is 0 Å². The summed E-state index contributed by atoms with van der Waals surface area (Å²) in [5.41, 5.74) is 0.444. The molecule has 0 aromatic carbocycles. The van der Waals surface area contributed by atoms with Crippen molar-refractivity contribution in [1.29, 1.82) is 0 Å². The van der Waals surface area contributed by atoms with Crippen LogP contribution in [0, 0.1) is 13.8 Å². The molecule has 1 aromatic rings. The summed E-state index contributed by atoms with van der Waals surface area (Å²) in [5.74, 6) is 0.738. The van der Waals surface area contributed by atoms with Gasteiger partial charge < -0.3 is 10.4 Å². The number of nitrogens with one attached hydrogen (secondary N) is 1. The average Bonchev–Trinajstić information content (AvgIpc) is 2.54. The Bertz CT molecular complexity index is 363. The Hall–Kier alpha value is -0.100. The third-order valence-electron chi connectivity index (χ3n) is 2.59. The fraction of sp³-hybridized carbons (Fsp3) is 0.750. The molecule has 0 radical (unpaired) electrons. The van der Waals surface area contributed by atoms with Crippen molar-refractivity contribution < 1.29 is 5.11 Å². The Kier molecular flexibility index (Phi) is 5.44. The summed E-state index contributed by atoms with van der Waals surface area (Å²) in [5, 5.41) is 14.5. The molecule has 1 rings (SSSR count). The molecule has 0 amide bonds. The molecule has 0 bridgehead atoms. The number of thioether (sulfide) groups is 1. The molecule has 0 aliphatic rings. The predicted molar refractivity (Wildman–Crippen MR) is 77.0 cm³/mol. The zero-order valence-corrected chi connectivity index (χ0v) is 12.8. The number of nitrogens with zero attached hydrogens (tertiary/aromatic N) is 1. The first kappa shape index (κ1) is 15.0. The van der Waals surface area contributed by atoms with Gasteiger partial charge in [0.05, 0.1) is 16.3 Å². The number of aliphatic hydroxyl groups is 1. The molecule has 1 heterocycles. The van der Waals surface area contributed by atoms with Crippen molar-refractivity contribution in [3.63, 3.8) is 0 Å². The topological polar surface area (TPSA) is 45.1 Å². The van der Waals surface area contributed by atoms with Gasteiger partial charge in [0, 0.05) is 23.2 Å². The molecule has 0 saturated heterocycles. The van der Waals surface area contributed by atoms with E-state index in [0.29, 0.717) is 6.54 Å². The average molecular weight is 274 g/mol. The van der Waals surface area contributed by atoms with Gasteiger partial charge in [0.15, 0.2) is 0 Å². The lowest BCUT2D eigenvalue weighted by molar-refractivity contribution is 0.0819. The van der Waals surface area contributed by atoms with E-state index in [1.54, 1.807) is 23.1 Å². The van der Waals surface area contributed by atoms with Crippen molar-refractivity contribution in [3.05, 3.63) is 15.6 Å². The summed E-state index contributed by atoms with van der Waals surface area (Å²) in [6.45, 7) is 8.67. The van der Waals surface area contributed by atoms with Crippen molar-refractivity contribution >= 4 is 23.1 Å². The van der Waals surface area contributed by atoms with Crippen molar-refractivity contribution in [2.75, 3.05) is 18.6 Å². The van der Waals surface area contributed by atoms with Crippen LogP contribution >= 0.6 is 23.1 Å². The lowest BCUT2D eigenvalue weighted by atomic mass is 10.1. The van der Waals surface area contributed by atoms with Gasteiger partial charge in [-0.1, -0.05) is 0 Å². The minimum absolute atomic E-state index is 0.188. The summed E-state index contributed by atoms with van der Waals surface area (Å²) < 4.78 is 0. The van der Waals surface area contributed by atoms with Crippen LogP contribution in [0.3, 0.4) is 0 Å². The second-order valence-corrected chi connectivity index (χ2v) is 6.98. The minimum Gasteiger partial charge on any atom is -0.388 e. The van der Waals surface area contributed by atoms with Crippen LogP contribution in [-0.4, -0.2) is 34.2 Å². The zero-order valence-electron chi connectivity index (χ0n) is 11.2. The van der Waals surface area contributed by atoms with Gasteiger partial charge in [-0.3, -0.25) is 0 Å². The highest BCUT2D eigenvalue weighted by Crippen LogP contribution is 2.22. The van der Waals surface area contributed by atoms with E-state index in [2.05, 4.69) is 24.1 Å². The maximum atomic E-state index is 10.1. The van der Waals surface area contributed by atoms with Crippen LogP contribution in [0.1, 0.15) is 35.5 Å². The van der Waals surface area contributed by atoms with Crippen LogP contribution in [0.2, 0.25) is 0 Å². The Morgan fingerprint density at radius 3 is 2.65 bits per heavy atom. The smallest absolute Gasteiger partial charge is 0.0900 e.